The van der Waals surface area contributed by atoms with Gasteiger partial charge in [-0.05, 0) is 29.5 Å². The number of amides is 1. The van der Waals surface area contributed by atoms with Crippen LogP contribution in [0.5, 0.6) is 5.75 Å². The quantitative estimate of drug-likeness (QED) is 0.792. The number of carbonyl (C=O) groups is 2. The van der Waals surface area contributed by atoms with Gasteiger partial charge >= 0.3 is 5.97 Å². The normalized spacial score (nSPS) is 18.4. The summed E-state index contributed by atoms with van der Waals surface area (Å²) in [5.41, 5.74) is 9.12. The van der Waals surface area contributed by atoms with E-state index in [1.54, 1.807) is 13.0 Å². The Morgan fingerprint density at radius 1 is 1.14 bits per heavy atom. The van der Waals surface area contributed by atoms with Crippen LogP contribution in [-0.4, -0.2) is 30.6 Å². The van der Waals surface area contributed by atoms with Crippen LogP contribution in [0.4, 0.5) is 5.69 Å². The van der Waals surface area contributed by atoms with Gasteiger partial charge < -0.3 is 20.5 Å². The molecule has 0 saturated carbocycles. The molecule has 2 atom stereocenters. The fraction of sp³-hybridized carbons (Fsp3) is 0.364. The molecule has 0 spiro atoms. The maximum atomic E-state index is 12.3. The highest BCUT2D eigenvalue weighted by molar-refractivity contribution is 5.94. The van der Waals surface area contributed by atoms with E-state index >= 15 is 0 Å². The zero-order chi connectivity index (χ0) is 20.5. The van der Waals surface area contributed by atoms with E-state index < -0.39 is 24.0 Å². The van der Waals surface area contributed by atoms with E-state index in [1.807, 2.05) is 24.3 Å². The van der Waals surface area contributed by atoms with E-state index in [0.717, 1.165) is 11.1 Å². The maximum Gasteiger partial charge on any atom is 0.350 e. The monoisotopic (exact) mass is 382 g/mol. The van der Waals surface area contributed by atoms with Gasteiger partial charge in [0, 0.05) is 5.56 Å². The van der Waals surface area contributed by atoms with Crippen LogP contribution in [0, 0.1) is 0 Å². The highest BCUT2D eigenvalue weighted by atomic mass is 16.6. The first-order valence-electron chi connectivity index (χ1n) is 9.35. The van der Waals surface area contributed by atoms with Crippen LogP contribution in [0.25, 0.3) is 11.1 Å². The zero-order valence-electron chi connectivity index (χ0n) is 16.6. The average molecular weight is 382 g/mol. The molecule has 1 aliphatic rings. The van der Waals surface area contributed by atoms with Gasteiger partial charge in [0.25, 0.3) is 0 Å². The van der Waals surface area contributed by atoms with Crippen LogP contribution in [0.3, 0.4) is 0 Å². The molecule has 2 unspecified atom stereocenters. The molecule has 2 aromatic rings. The molecular weight excluding hydrogens is 356 g/mol. The summed E-state index contributed by atoms with van der Waals surface area (Å²) in [6.07, 6.45) is -1.14. The molecule has 0 aromatic heterocycles. The van der Waals surface area contributed by atoms with Crippen molar-refractivity contribution < 1.29 is 19.1 Å². The van der Waals surface area contributed by atoms with E-state index in [4.69, 9.17) is 15.2 Å². The molecule has 0 fully saturated rings. The Hall–Kier alpha value is -3.02. The molecule has 0 saturated heterocycles. The van der Waals surface area contributed by atoms with E-state index in [1.165, 1.54) is 5.56 Å². The van der Waals surface area contributed by atoms with Gasteiger partial charge in [-0.3, -0.25) is 4.79 Å². The average Bonchev–Trinajstić information content (AvgIpc) is 2.66. The summed E-state index contributed by atoms with van der Waals surface area (Å²) in [6.45, 7) is 8.37. The summed E-state index contributed by atoms with van der Waals surface area (Å²) in [5, 5.41) is 3.03. The Balaban J connectivity index is 2.01. The van der Waals surface area contributed by atoms with E-state index in [9.17, 15) is 9.59 Å². The van der Waals surface area contributed by atoms with E-state index in [-0.39, 0.29) is 12.0 Å². The maximum absolute atomic E-state index is 12.3. The van der Waals surface area contributed by atoms with E-state index in [2.05, 4.69) is 38.2 Å². The smallest absolute Gasteiger partial charge is 0.350 e. The molecule has 1 amide bonds. The van der Waals surface area contributed by atoms with Crippen LogP contribution in [0.1, 0.15) is 33.3 Å². The summed E-state index contributed by atoms with van der Waals surface area (Å²) in [4.78, 5) is 24.2. The molecule has 0 radical (unpaired) electrons. The van der Waals surface area contributed by atoms with Crippen molar-refractivity contribution in [3.8, 4) is 16.9 Å². The highest BCUT2D eigenvalue weighted by Crippen LogP contribution is 2.41. The molecule has 3 N–H and O–H groups in total. The van der Waals surface area contributed by atoms with Crippen LogP contribution >= 0.6 is 0 Å². The second-order valence-electron chi connectivity index (χ2n) is 7.82. The minimum absolute atomic E-state index is 0.0520. The molecule has 0 bridgehead atoms. The summed E-state index contributed by atoms with van der Waals surface area (Å²) >= 11 is 0. The van der Waals surface area contributed by atoms with Crippen molar-refractivity contribution in [2.24, 2.45) is 5.73 Å². The lowest BCUT2D eigenvalue weighted by molar-refractivity contribution is -0.154. The molecule has 2 aromatic carbocycles. The predicted octanol–water partition coefficient (Wildman–Crippen LogP) is 3.24. The largest absolute Gasteiger partial charge is 0.473 e. The van der Waals surface area contributed by atoms with Gasteiger partial charge in [0.1, 0.15) is 0 Å². The third-order valence-corrected chi connectivity index (χ3v) is 4.76. The van der Waals surface area contributed by atoms with E-state index in [0.29, 0.717) is 11.4 Å². The summed E-state index contributed by atoms with van der Waals surface area (Å²) in [6, 6.07) is 12.8. The highest BCUT2D eigenvalue weighted by Gasteiger charge is 2.40. The third-order valence-electron chi connectivity index (χ3n) is 4.76. The predicted molar refractivity (Wildman–Crippen MR) is 108 cm³/mol. The second kappa shape index (κ2) is 7.54. The van der Waals surface area contributed by atoms with Crippen LogP contribution in [0.15, 0.2) is 42.5 Å². The minimum atomic E-state index is -1.14. The van der Waals surface area contributed by atoms with Gasteiger partial charge in [0.05, 0.1) is 12.3 Å². The molecular formula is C22H26N2O4. The number of anilines is 1. The van der Waals surface area contributed by atoms with Crippen LogP contribution in [-0.2, 0) is 19.7 Å². The lowest BCUT2D eigenvalue weighted by Crippen LogP contribution is -2.54. The summed E-state index contributed by atoms with van der Waals surface area (Å²) < 4.78 is 11.0. The number of esters is 1. The first-order chi connectivity index (χ1) is 13.2. The third kappa shape index (κ3) is 3.81. The fourth-order valence-corrected chi connectivity index (χ4v) is 3.22. The molecule has 3 rings (SSSR count). The molecule has 6 nitrogen and oxygen atoms in total. The minimum Gasteiger partial charge on any atom is -0.473 e. The Kier molecular flexibility index (Phi) is 5.31. The first kappa shape index (κ1) is 19.7. The number of para-hydroxylation sites is 1. The number of ether oxygens (including phenoxy) is 2. The number of fused-ring (bicyclic) bond motifs is 1. The Labute approximate surface area is 165 Å². The van der Waals surface area contributed by atoms with Crippen molar-refractivity contribution in [1.29, 1.82) is 0 Å². The Bertz CT molecular complexity index is 884. The number of benzene rings is 2. The molecule has 1 heterocycles. The number of nitrogens with two attached hydrogens (primary N) is 1. The number of nitrogens with one attached hydrogen (secondary N) is 1. The van der Waals surface area contributed by atoms with Gasteiger partial charge in [-0.1, -0.05) is 57.2 Å². The molecule has 0 aliphatic carbocycles. The fourth-order valence-electron chi connectivity index (χ4n) is 3.22. The van der Waals surface area contributed by atoms with Crippen molar-refractivity contribution in [2.45, 2.75) is 45.3 Å². The molecule has 1 aliphatic heterocycles. The van der Waals surface area contributed by atoms with Crippen molar-refractivity contribution in [2.75, 3.05) is 11.9 Å². The van der Waals surface area contributed by atoms with Crippen molar-refractivity contribution >= 4 is 17.6 Å². The topological polar surface area (TPSA) is 90.7 Å². The number of hydrogen-bond acceptors (Lipinski definition) is 5. The Morgan fingerprint density at radius 2 is 1.82 bits per heavy atom. The zero-order valence-corrected chi connectivity index (χ0v) is 16.6. The van der Waals surface area contributed by atoms with Crippen molar-refractivity contribution in [1.82, 2.24) is 0 Å². The first-order valence-corrected chi connectivity index (χ1v) is 9.35. The van der Waals surface area contributed by atoms with Gasteiger partial charge in [-0.15, -0.1) is 0 Å². The number of carbonyl (C=O) groups excluding carboxylic acids is 2. The number of primary amides is 1. The standard InChI is InChI=1S/C22H26N2O4/c1-5-27-21(26)19-17(20(23)25)24-16-8-6-7-15(18(16)28-19)13-9-11-14(12-10-13)22(2,3)4/h6-12,17,19,24H,5H2,1-4H3,(H2,23,25). The van der Waals surface area contributed by atoms with Gasteiger partial charge in [0.15, 0.2) is 11.8 Å². The number of rotatable bonds is 4. The lowest BCUT2D eigenvalue weighted by Gasteiger charge is -2.33. The SMILES string of the molecule is CCOC(=O)C1Oc2c(cccc2-c2ccc(C(C)(C)C)cc2)NC1C(N)=O. The van der Waals surface area contributed by atoms with Gasteiger partial charge in [0.2, 0.25) is 12.0 Å². The van der Waals surface area contributed by atoms with Crippen molar-refractivity contribution in [3.63, 3.8) is 0 Å². The van der Waals surface area contributed by atoms with Crippen LogP contribution in [0.2, 0.25) is 0 Å². The molecule has 6 heteroatoms. The lowest BCUT2D eigenvalue weighted by atomic mass is 9.86. The van der Waals surface area contributed by atoms with Crippen molar-refractivity contribution in [3.05, 3.63) is 48.0 Å². The van der Waals surface area contributed by atoms with Gasteiger partial charge in [-0.25, -0.2) is 4.79 Å². The summed E-state index contributed by atoms with van der Waals surface area (Å²) in [5.74, 6) is -0.799. The second-order valence-corrected chi connectivity index (χ2v) is 7.82. The Morgan fingerprint density at radius 3 is 2.39 bits per heavy atom. The van der Waals surface area contributed by atoms with Gasteiger partial charge in [-0.2, -0.15) is 0 Å². The van der Waals surface area contributed by atoms with Crippen LogP contribution < -0.4 is 15.8 Å². The molecule has 28 heavy (non-hydrogen) atoms. The summed E-state index contributed by atoms with van der Waals surface area (Å²) in [7, 11) is 0. The number of hydrogen-bond donors (Lipinski definition) is 2. The molecule has 148 valence electrons.